The van der Waals surface area contributed by atoms with Crippen LogP contribution in [0.5, 0.6) is 0 Å². The molecule has 0 aromatic carbocycles. The summed E-state index contributed by atoms with van der Waals surface area (Å²) in [6.45, 7) is 0. The zero-order valence-corrected chi connectivity index (χ0v) is 15.2. The van der Waals surface area contributed by atoms with Crippen LogP contribution < -0.4 is 5.73 Å². The van der Waals surface area contributed by atoms with Crippen molar-refractivity contribution in [2.75, 3.05) is 11.9 Å². The number of rotatable bonds is 3. The third-order valence-electron chi connectivity index (χ3n) is 5.10. The van der Waals surface area contributed by atoms with Gasteiger partial charge >= 0.3 is 7.60 Å². The van der Waals surface area contributed by atoms with Crippen molar-refractivity contribution in [1.29, 1.82) is 0 Å². The van der Waals surface area contributed by atoms with E-state index in [1.807, 2.05) is 22.6 Å². The first-order chi connectivity index (χ1) is 11.1. The Morgan fingerprint density at radius 3 is 2.79 bits per heavy atom. The van der Waals surface area contributed by atoms with Gasteiger partial charge in [0.05, 0.1) is 24.6 Å². The molecule has 6 N–H and O–H groups in total. The second-order valence-electron chi connectivity index (χ2n) is 6.49. The normalized spacial score (nSPS) is 35.4. The van der Waals surface area contributed by atoms with E-state index in [1.54, 1.807) is 4.57 Å². The Labute approximate surface area is 149 Å². The Morgan fingerprint density at radius 2 is 2.12 bits per heavy atom. The minimum atomic E-state index is -4.31. The molecule has 2 aromatic rings. The third-order valence-corrected chi connectivity index (χ3v) is 6.58. The molecule has 0 amide bonds. The number of fused-ring (bicyclic) bond motifs is 2. The van der Waals surface area contributed by atoms with Crippen molar-refractivity contribution in [3.8, 4) is 0 Å². The van der Waals surface area contributed by atoms with Crippen molar-refractivity contribution in [2.24, 2.45) is 11.3 Å². The number of hydrogen-bond acceptors (Lipinski definition) is 7. The van der Waals surface area contributed by atoms with E-state index in [-0.39, 0.29) is 11.7 Å². The molecule has 0 aliphatic heterocycles. The van der Waals surface area contributed by atoms with Gasteiger partial charge in [-0.2, -0.15) is 0 Å². The summed E-state index contributed by atoms with van der Waals surface area (Å²) in [6, 6.07) is -0.568. The SMILES string of the molecule is Nc1nc(I)nc2c1ncn2[C@H]1[C@H](O)[C@H](O)C2(CP(=O)(O)O)C[C@H]12. The first-order valence-electron chi connectivity index (χ1n) is 7.20. The molecule has 4 rings (SSSR count). The van der Waals surface area contributed by atoms with E-state index in [1.165, 1.54) is 6.33 Å². The zero-order chi connectivity index (χ0) is 17.4. The Kier molecular flexibility index (Phi) is 3.52. The summed E-state index contributed by atoms with van der Waals surface area (Å²) in [7, 11) is -4.31. The van der Waals surface area contributed by atoms with Gasteiger partial charge in [0.15, 0.2) is 15.3 Å². The lowest BCUT2D eigenvalue weighted by atomic mass is 10.0. The molecular formula is C12H15IN5O5P. The smallest absolute Gasteiger partial charge is 0.326 e. The van der Waals surface area contributed by atoms with Crippen molar-refractivity contribution in [2.45, 2.75) is 24.7 Å². The fourth-order valence-electron chi connectivity index (χ4n) is 4.06. The summed E-state index contributed by atoms with van der Waals surface area (Å²) in [5.74, 6) is -0.0464. The largest absolute Gasteiger partial charge is 0.390 e. The molecule has 0 radical (unpaired) electrons. The molecule has 24 heavy (non-hydrogen) atoms. The van der Waals surface area contributed by atoms with Gasteiger partial charge < -0.3 is 30.3 Å². The van der Waals surface area contributed by atoms with E-state index in [4.69, 9.17) is 5.73 Å². The second kappa shape index (κ2) is 5.08. The molecule has 2 heterocycles. The van der Waals surface area contributed by atoms with Crippen LogP contribution in [0.3, 0.4) is 0 Å². The van der Waals surface area contributed by atoms with Gasteiger partial charge in [0.1, 0.15) is 11.6 Å². The van der Waals surface area contributed by atoms with Crippen LogP contribution in [0.25, 0.3) is 11.2 Å². The maximum absolute atomic E-state index is 11.4. The van der Waals surface area contributed by atoms with Crippen molar-refractivity contribution in [1.82, 2.24) is 19.5 Å². The van der Waals surface area contributed by atoms with Gasteiger partial charge in [0.2, 0.25) is 0 Å². The zero-order valence-electron chi connectivity index (χ0n) is 12.2. The molecule has 0 saturated heterocycles. The Balaban J connectivity index is 1.78. The number of aliphatic hydroxyl groups is 2. The maximum Gasteiger partial charge on any atom is 0.326 e. The van der Waals surface area contributed by atoms with E-state index in [2.05, 4.69) is 15.0 Å². The average Bonchev–Trinajstić information content (AvgIpc) is 2.90. The molecule has 2 aliphatic carbocycles. The van der Waals surface area contributed by atoms with E-state index >= 15 is 0 Å². The fraction of sp³-hybridized carbons (Fsp3) is 0.583. The number of nitrogen functional groups attached to an aromatic ring is 1. The molecule has 2 saturated carbocycles. The van der Waals surface area contributed by atoms with Crippen molar-refractivity contribution in [3.63, 3.8) is 0 Å². The summed E-state index contributed by atoms with van der Waals surface area (Å²) in [5.41, 5.74) is 5.70. The first-order valence-corrected chi connectivity index (χ1v) is 10.1. The number of hydrogen-bond donors (Lipinski definition) is 5. The molecule has 2 aromatic heterocycles. The molecule has 2 fully saturated rings. The highest BCUT2D eigenvalue weighted by Crippen LogP contribution is 2.71. The minimum absolute atomic E-state index is 0.216. The number of nitrogens with zero attached hydrogens (tertiary/aromatic N) is 4. The lowest BCUT2D eigenvalue weighted by Crippen LogP contribution is -2.35. The van der Waals surface area contributed by atoms with Gasteiger partial charge in [-0.05, 0) is 12.3 Å². The average molecular weight is 467 g/mol. The van der Waals surface area contributed by atoms with Crippen LogP contribution in [-0.4, -0.2) is 57.9 Å². The Morgan fingerprint density at radius 1 is 1.42 bits per heavy atom. The number of anilines is 1. The Hall–Kier alpha value is -0.850. The van der Waals surface area contributed by atoms with Crippen molar-refractivity contribution >= 4 is 47.2 Å². The number of nitrogens with two attached hydrogens (primary N) is 1. The van der Waals surface area contributed by atoms with E-state index < -0.39 is 37.4 Å². The van der Waals surface area contributed by atoms with Crippen LogP contribution in [0.1, 0.15) is 12.5 Å². The summed E-state index contributed by atoms with van der Waals surface area (Å²) in [4.78, 5) is 31.1. The quantitative estimate of drug-likeness (QED) is 0.227. The monoisotopic (exact) mass is 467 g/mol. The number of aromatic nitrogens is 4. The highest BCUT2D eigenvalue weighted by atomic mass is 127. The van der Waals surface area contributed by atoms with Crippen LogP contribution in [0, 0.1) is 15.2 Å². The molecule has 5 atom stereocenters. The number of imidazole rings is 1. The van der Waals surface area contributed by atoms with Crippen LogP contribution in [0.4, 0.5) is 5.82 Å². The van der Waals surface area contributed by atoms with Gasteiger partial charge in [-0.3, -0.25) is 4.57 Å². The summed E-state index contributed by atoms with van der Waals surface area (Å²) in [6.07, 6.45) is -0.922. The van der Waals surface area contributed by atoms with Crippen molar-refractivity contribution < 1.29 is 24.6 Å². The van der Waals surface area contributed by atoms with E-state index in [9.17, 15) is 24.6 Å². The summed E-state index contributed by atoms with van der Waals surface area (Å²) >= 11 is 1.92. The highest BCUT2D eigenvalue weighted by molar-refractivity contribution is 14.1. The first kappa shape index (κ1) is 16.6. The molecule has 1 unspecified atom stereocenters. The minimum Gasteiger partial charge on any atom is -0.390 e. The summed E-state index contributed by atoms with van der Waals surface area (Å²) in [5, 5.41) is 20.8. The second-order valence-corrected chi connectivity index (χ2v) is 9.10. The fourth-order valence-corrected chi connectivity index (χ4v) is 5.87. The topological polar surface area (TPSA) is 168 Å². The molecule has 12 heteroatoms. The van der Waals surface area contributed by atoms with E-state index in [0.29, 0.717) is 21.4 Å². The van der Waals surface area contributed by atoms with Gasteiger partial charge in [0.25, 0.3) is 0 Å². The molecular weight excluding hydrogens is 452 g/mol. The predicted octanol–water partition coefficient (Wildman–Crippen LogP) is -0.526. The summed E-state index contributed by atoms with van der Waals surface area (Å²) < 4.78 is 13.5. The third kappa shape index (κ3) is 2.30. The molecule has 2 aliphatic rings. The highest BCUT2D eigenvalue weighted by Gasteiger charge is 2.72. The number of aliphatic hydroxyl groups excluding tert-OH is 2. The molecule has 10 nitrogen and oxygen atoms in total. The van der Waals surface area contributed by atoms with Crippen LogP contribution in [-0.2, 0) is 4.57 Å². The van der Waals surface area contributed by atoms with Gasteiger partial charge in [-0.1, -0.05) is 0 Å². The van der Waals surface area contributed by atoms with Crippen LogP contribution >= 0.6 is 30.2 Å². The Bertz CT molecular complexity index is 886. The molecule has 0 bridgehead atoms. The van der Waals surface area contributed by atoms with Crippen LogP contribution in [0.15, 0.2) is 6.33 Å². The lowest BCUT2D eigenvalue weighted by Gasteiger charge is -2.24. The van der Waals surface area contributed by atoms with Gasteiger partial charge in [-0.15, -0.1) is 0 Å². The lowest BCUT2D eigenvalue weighted by molar-refractivity contribution is -0.0137. The number of halogens is 1. The van der Waals surface area contributed by atoms with E-state index in [0.717, 1.165) is 0 Å². The van der Waals surface area contributed by atoms with Crippen molar-refractivity contribution in [3.05, 3.63) is 10.2 Å². The molecule has 0 spiro atoms. The standard InChI is InChI=1S/C12H15IN5O5P/c13-11-16-9(14)5-10(17-11)18(3-15-5)6-4-1-12(4,2-24(21,22)23)8(20)7(6)19/h3-4,6-8,19-20H,1-2H2,(H2,14,16,17)(H2,21,22,23)/t4-,6-,7+,8+,12?/m1/s1. The van der Waals surface area contributed by atoms with Gasteiger partial charge in [0, 0.05) is 28.0 Å². The van der Waals surface area contributed by atoms with Crippen LogP contribution in [0.2, 0.25) is 0 Å². The molecule has 130 valence electrons. The predicted molar refractivity (Wildman–Crippen MR) is 91.0 cm³/mol. The maximum atomic E-state index is 11.4. The van der Waals surface area contributed by atoms with Gasteiger partial charge in [-0.25, -0.2) is 15.0 Å².